The zero-order valence-corrected chi connectivity index (χ0v) is 13.9. The monoisotopic (exact) mass is 335 g/mol. The lowest BCUT2D eigenvalue weighted by Crippen LogP contribution is -2.45. The van der Waals surface area contributed by atoms with Gasteiger partial charge in [-0.15, -0.1) is 0 Å². The van der Waals surface area contributed by atoms with Crippen LogP contribution in [0.15, 0.2) is 47.6 Å². The van der Waals surface area contributed by atoms with Gasteiger partial charge in [-0.1, -0.05) is 37.3 Å². The van der Waals surface area contributed by atoms with Crippen LogP contribution >= 0.6 is 0 Å². The van der Waals surface area contributed by atoms with Gasteiger partial charge in [0.05, 0.1) is 18.8 Å². The van der Waals surface area contributed by atoms with Gasteiger partial charge in [0.15, 0.2) is 0 Å². The van der Waals surface area contributed by atoms with Gasteiger partial charge in [0.25, 0.3) is 0 Å². The van der Waals surface area contributed by atoms with Crippen LogP contribution in [0.25, 0.3) is 0 Å². The summed E-state index contributed by atoms with van der Waals surface area (Å²) in [6.45, 7) is 3.04. The molecule has 7 heteroatoms. The summed E-state index contributed by atoms with van der Waals surface area (Å²) in [6.07, 6.45) is 2.98. The summed E-state index contributed by atoms with van der Waals surface area (Å²) in [6, 6.07) is 9.75. The number of aliphatic hydroxyl groups is 1. The van der Waals surface area contributed by atoms with E-state index < -0.39 is 16.1 Å². The Morgan fingerprint density at radius 3 is 2.74 bits per heavy atom. The van der Waals surface area contributed by atoms with Crippen molar-refractivity contribution in [2.75, 3.05) is 13.1 Å². The molecule has 1 fully saturated rings. The molecule has 1 aromatic heterocycles. The Labute approximate surface area is 136 Å². The maximum Gasteiger partial charge on any atom is 0.246 e. The number of hydrogen-bond acceptors (Lipinski definition) is 4. The zero-order chi connectivity index (χ0) is 16.4. The fourth-order valence-electron chi connectivity index (χ4n) is 2.72. The van der Waals surface area contributed by atoms with Crippen molar-refractivity contribution in [3.05, 3.63) is 48.3 Å². The first-order chi connectivity index (χ1) is 11.0. The zero-order valence-electron chi connectivity index (χ0n) is 13.0. The fourth-order valence-corrected chi connectivity index (χ4v) is 4.15. The first-order valence-corrected chi connectivity index (χ1v) is 9.15. The summed E-state index contributed by atoms with van der Waals surface area (Å²) in [5.74, 6) is 0.127. The number of nitrogens with zero attached hydrogens (tertiary/aromatic N) is 3. The number of β-amino-alcohol motifs (C(OH)–C–C–N with tert-alkyl or cyclic N) is 1. The van der Waals surface area contributed by atoms with Gasteiger partial charge >= 0.3 is 0 Å². The van der Waals surface area contributed by atoms with Gasteiger partial charge in [0, 0.05) is 19.3 Å². The highest BCUT2D eigenvalue weighted by Gasteiger charge is 2.33. The van der Waals surface area contributed by atoms with Crippen LogP contribution in [0.2, 0.25) is 0 Å². The summed E-state index contributed by atoms with van der Waals surface area (Å²) in [5.41, 5.74) is 1.06. The van der Waals surface area contributed by atoms with Crippen LogP contribution in [0, 0.1) is 5.92 Å². The molecule has 0 amide bonds. The van der Waals surface area contributed by atoms with E-state index in [9.17, 15) is 13.5 Å². The molecule has 0 spiro atoms. The molecule has 1 aliphatic heterocycles. The average Bonchev–Trinajstić information content (AvgIpc) is 3.00. The van der Waals surface area contributed by atoms with Crippen molar-refractivity contribution < 1.29 is 13.5 Å². The van der Waals surface area contributed by atoms with Gasteiger partial charge in [0.1, 0.15) is 4.90 Å². The van der Waals surface area contributed by atoms with Crippen LogP contribution in [-0.2, 0) is 16.6 Å². The number of hydrogen-bond donors (Lipinski definition) is 1. The lowest BCUT2D eigenvalue weighted by molar-refractivity contribution is 0.0605. The van der Waals surface area contributed by atoms with Crippen molar-refractivity contribution in [3.63, 3.8) is 0 Å². The van der Waals surface area contributed by atoms with Crippen LogP contribution in [0.1, 0.15) is 18.9 Å². The molecule has 1 aliphatic rings. The lowest BCUT2D eigenvalue weighted by Gasteiger charge is -2.33. The van der Waals surface area contributed by atoms with Crippen LogP contribution < -0.4 is 0 Å². The first kappa shape index (κ1) is 16.2. The van der Waals surface area contributed by atoms with Crippen LogP contribution in [-0.4, -0.2) is 46.8 Å². The molecule has 1 aromatic carbocycles. The number of piperidine rings is 1. The third kappa shape index (κ3) is 3.46. The van der Waals surface area contributed by atoms with Gasteiger partial charge < -0.3 is 5.11 Å². The minimum absolute atomic E-state index is 0.127. The maximum absolute atomic E-state index is 12.7. The molecule has 0 saturated carbocycles. The van der Waals surface area contributed by atoms with Crippen molar-refractivity contribution >= 4 is 10.0 Å². The third-order valence-corrected chi connectivity index (χ3v) is 6.13. The number of sulfonamides is 1. The average molecular weight is 335 g/mol. The minimum Gasteiger partial charge on any atom is -0.391 e. The molecule has 2 heterocycles. The smallest absolute Gasteiger partial charge is 0.246 e. The van der Waals surface area contributed by atoms with Crippen LogP contribution in [0.5, 0.6) is 0 Å². The first-order valence-electron chi connectivity index (χ1n) is 7.71. The highest BCUT2D eigenvalue weighted by Crippen LogP contribution is 2.23. The molecule has 124 valence electrons. The summed E-state index contributed by atoms with van der Waals surface area (Å²) in [7, 11) is -3.60. The molecule has 23 heavy (non-hydrogen) atoms. The van der Waals surface area contributed by atoms with Gasteiger partial charge in [0.2, 0.25) is 10.0 Å². The molecule has 0 radical (unpaired) electrons. The predicted octanol–water partition coefficient (Wildman–Crippen LogP) is 1.32. The molecule has 6 nitrogen and oxygen atoms in total. The number of rotatable bonds is 4. The van der Waals surface area contributed by atoms with Crippen molar-refractivity contribution in [2.24, 2.45) is 5.92 Å². The Hall–Kier alpha value is -1.70. The molecule has 2 unspecified atom stereocenters. The quantitative estimate of drug-likeness (QED) is 0.914. The second kappa shape index (κ2) is 6.43. The van der Waals surface area contributed by atoms with E-state index in [1.165, 1.54) is 10.5 Å². The van der Waals surface area contributed by atoms with Gasteiger partial charge in [-0.25, -0.2) is 8.42 Å². The number of aliphatic hydroxyl groups excluding tert-OH is 1. The molecule has 0 aliphatic carbocycles. The summed E-state index contributed by atoms with van der Waals surface area (Å²) < 4.78 is 28.3. The second-order valence-electron chi connectivity index (χ2n) is 6.06. The van der Waals surface area contributed by atoms with E-state index in [-0.39, 0.29) is 17.4 Å². The van der Waals surface area contributed by atoms with E-state index in [0.717, 1.165) is 5.56 Å². The molecular formula is C16H21N3O3S. The summed E-state index contributed by atoms with van der Waals surface area (Å²) in [5, 5.41) is 14.1. The van der Waals surface area contributed by atoms with Gasteiger partial charge in [-0.2, -0.15) is 9.40 Å². The Morgan fingerprint density at radius 1 is 1.30 bits per heavy atom. The molecule has 2 atom stereocenters. The van der Waals surface area contributed by atoms with Gasteiger partial charge in [-0.05, 0) is 17.9 Å². The molecule has 1 N–H and O–H groups in total. The SMILES string of the molecule is CC1CCN(S(=O)(=O)c2cnn(Cc3ccccc3)c2)CC1O. The van der Waals surface area contributed by atoms with Gasteiger partial charge in [-0.3, -0.25) is 4.68 Å². The van der Waals surface area contributed by atoms with Crippen LogP contribution in [0.3, 0.4) is 0 Å². The fraction of sp³-hybridized carbons (Fsp3) is 0.438. The Morgan fingerprint density at radius 2 is 2.04 bits per heavy atom. The van der Waals surface area contributed by atoms with Crippen molar-refractivity contribution in [3.8, 4) is 0 Å². The van der Waals surface area contributed by atoms with E-state index in [1.54, 1.807) is 10.9 Å². The van der Waals surface area contributed by atoms with E-state index in [2.05, 4.69) is 5.10 Å². The molecular weight excluding hydrogens is 314 g/mol. The Balaban J connectivity index is 1.76. The topological polar surface area (TPSA) is 75.4 Å². The van der Waals surface area contributed by atoms with Crippen molar-refractivity contribution in [2.45, 2.75) is 30.9 Å². The highest BCUT2D eigenvalue weighted by molar-refractivity contribution is 7.89. The normalized spacial score (nSPS) is 23.0. The minimum atomic E-state index is -3.60. The Kier molecular flexibility index (Phi) is 4.52. The number of benzene rings is 1. The largest absolute Gasteiger partial charge is 0.391 e. The van der Waals surface area contributed by atoms with Crippen LogP contribution in [0.4, 0.5) is 0 Å². The molecule has 1 saturated heterocycles. The molecule has 3 rings (SSSR count). The van der Waals surface area contributed by atoms with E-state index in [1.807, 2.05) is 37.3 Å². The van der Waals surface area contributed by atoms with E-state index in [0.29, 0.717) is 19.5 Å². The second-order valence-corrected chi connectivity index (χ2v) is 7.99. The summed E-state index contributed by atoms with van der Waals surface area (Å²) in [4.78, 5) is 0.176. The summed E-state index contributed by atoms with van der Waals surface area (Å²) >= 11 is 0. The highest BCUT2D eigenvalue weighted by atomic mass is 32.2. The number of aromatic nitrogens is 2. The molecule has 0 bridgehead atoms. The van der Waals surface area contributed by atoms with E-state index in [4.69, 9.17) is 0 Å². The van der Waals surface area contributed by atoms with Crippen molar-refractivity contribution in [1.82, 2.24) is 14.1 Å². The third-order valence-electron chi connectivity index (χ3n) is 4.32. The maximum atomic E-state index is 12.7. The van der Waals surface area contributed by atoms with Crippen molar-refractivity contribution in [1.29, 1.82) is 0 Å². The standard InChI is InChI=1S/C16H21N3O3S/c1-13-7-8-19(12-16(13)20)23(21,22)15-9-17-18(11-15)10-14-5-3-2-4-6-14/h2-6,9,11,13,16,20H,7-8,10,12H2,1H3. The predicted molar refractivity (Wildman–Crippen MR) is 86.3 cm³/mol. The lowest BCUT2D eigenvalue weighted by atomic mass is 9.98. The van der Waals surface area contributed by atoms with E-state index >= 15 is 0 Å². The Bertz CT molecular complexity index is 758. The molecule has 2 aromatic rings.